The minimum Gasteiger partial charge on any atom is -0.445 e. The van der Waals surface area contributed by atoms with Gasteiger partial charge in [0, 0.05) is 18.0 Å². The van der Waals surface area contributed by atoms with Gasteiger partial charge in [-0.2, -0.15) is 0 Å². The topological polar surface area (TPSA) is 30.0 Å². The minimum atomic E-state index is -5.21. The molecule has 1 aromatic heterocycles. The molecule has 0 aliphatic carbocycles. The molecule has 92 valence electrons. The standard InChI is InChI=1S/C12H8BF3NO/c14-13(15,16)11-6-2-1-5-10(11)12(18)9-4-3-7-17-8-9/h1-8H/q-1. The third kappa shape index (κ3) is 2.42. The maximum Gasteiger partial charge on any atom is 0.510 e. The maximum atomic E-state index is 12.8. The van der Waals surface area contributed by atoms with Gasteiger partial charge in [0.05, 0.1) is 0 Å². The number of aromatic nitrogens is 1. The first-order chi connectivity index (χ1) is 8.50. The van der Waals surface area contributed by atoms with Gasteiger partial charge in [-0.25, -0.2) is 0 Å². The van der Waals surface area contributed by atoms with Gasteiger partial charge in [-0.15, -0.1) is 0 Å². The summed E-state index contributed by atoms with van der Waals surface area (Å²) in [5.74, 6) is -0.669. The van der Waals surface area contributed by atoms with Crippen LogP contribution in [0.3, 0.4) is 0 Å². The number of benzene rings is 1. The van der Waals surface area contributed by atoms with Gasteiger partial charge in [0.15, 0.2) is 5.78 Å². The molecule has 0 unspecified atom stereocenters. The number of hydrogen-bond acceptors (Lipinski definition) is 2. The highest BCUT2D eigenvalue weighted by atomic mass is 19.4. The summed E-state index contributed by atoms with van der Waals surface area (Å²) in [7, 11) is 0. The Morgan fingerprint density at radius 2 is 1.78 bits per heavy atom. The fourth-order valence-electron chi connectivity index (χ4n) is 1.64. The molecule has 0 saturated carbocycles. The molecule has 0 N–H and O–H groups in total. The Hall–Kier alpha value is -2.11. The first-order valence-electron chi connectivity index (χ1n) is 5.24. The summed E-state index contributed by atoms with van der Waals surface area (Å²) in [5, 5.41) is 0. The Bertz CT molecular complexity index is 569. The van der Waals surface area contributed by atoms with Crippen molar-refractivity contribution in [1.82, 2.24) is 4.98 Å². The number of ketones is 1. The second kappa shape index (κ2) is 4.64. The molecule has 2 aromatic rings. The molecule has 0 spiro atoms. The molecule has 2 rings (SSSR count). The van der Waals surface area contributed by atoms with E-state index < -0.39 is 18.2 Å². The van der Waals surface area contributed by atoms with Crippen LogP contribution in [-0.4, -0.2) is 17.7 Å². The van der Waals surface area contributed by atoms with Crippen LogP contribution in [-0.2, 0) is 0 Å². The van der Waals surface area contributed by atoms with Crippen molar-refractivity contribution in [2.75, 3.05) is 0 Å². The molecule has 0 aliphatic heterocycles. The van der Waals surface area contributed by atoms with E-state index in [1.165, 1.54) is 42.7 Å². The van der Waals surface area contributed by atoms with Gasteiger partial charge in [-0.3, -0.25) is 9.78 Å². The van der Waals surface area contributed by atoms with E-state index >= 15 is 0 Å². The van der Waals surface area contributed by atoms with Gasteiger partial charge >= 0.3 is 6.98 Å². The number of carbonyl (C=O) groups is 1. The van der Waals surface area contributed by atoms with Gasteiger partial charge in [0.2, 0.25) is 0 Å². The second-order valence-electron chi connectivity index (χ2n) is 3.73. The first kappa shape index (κ1) is 12.4. The van der Waals surface area contributed by atoms with Crippen molar-refractivity contribution in [3.8, 4) is 0 Å². The molecule has 0 bridgehead atoms. The van der Waals surface area contributed by atoms with Gasteiger partial charge in [-0.1, -0.05) is 29.7 Å². The minimum absolute atomic E-state index is 0.144. The molecule has 0 amide bonds. The highest BCUT2D eigenvalue weighted by Gasteiger charge is 2.30. The number of carbonyl (C=O) groups excluding carboxylic acids is 1. The summed E-state index contributed by atoms with van der Waals surface area (Å²) in [4.78, 5) is 15.7. The third-order valence-electron chi connectivity index (χ3n) is 2.48. The Kier molecular flexibility index (Phi) is 3.18. The SMILES string of the molecule is O=C(c1cccnc1)c1ccccc1[B-](F)(F)F. The summed E-state index contributed by atoms with van der Waals surface area (Å²) in [5.41, 5.74) is -1.06. The summed E-state index contributed by atoms with van der Waals surface area (Å²) < 4.78 is 38.5. The monoisotopic (exact) mass is 250 g/mol. The molecule has 18 heavy (non-hydrogen) atoms. The zero-order valence-corrected chi connectivity index (χ0v) is 9.19. The van der Waals surface area contributed by atoms with E-state index in [1.54, 1.807) is 0 Å². The molecule has 1 heterocycles. The molecule has 6 heteroatoms. The van der Waals surface area contributed by atoms with Crippen molar-refractivity contribution in [2.45, 2.75) is 0 Å². The Morgan fingerprint density at radius 3 is 2.39 bits per heavy atom. The van der Waals surface area contributed by atoms with Gasteiger partial charge < -0.3 is 12.9 Å². The van der Waals surface area contributed by atoms with Gasteiger partial charge in [0.25, 0.3) is 0 Å². The Morgan fingerprint density at radius 1 is 1.06 bits per heavy atom. The molecule has 2 nitrogen and oxygen atoms in total. The van der Waals surface area contributed by atoms with Crippen LogP contribution in [0.15, 0.2) is 48.8 Å². The summed E-state index contributed by atoms with van der Waals surface area (Å²) in [6.07, 6.45) is 2.71. The van der Waals surface area contributed by atoms with Crippen molar-refractivity contribution in [2.24, 2.45) is 0 Å². The van der Waals surface area contributed by atoms with E-state index in [-0.39, 0.29) is 11.1 Å². The largest absolute Gasteiger partial charge is 0.510 e. The maximum absolute atomic E-state index is 12.8. The number of rotatable bonds is 3. The van der Waals surface area contributed by atoms with Crippen LogP contribution in [0.25, 0.3) is 0 Å². The molecular formula is C12H8BF3NO-. The van der Waals surface area contributed by atoms with E-state index in [9.17, 15) is 17.7 Å². The van der Waals surface area contributed by atoms with Crippen LogP contribution < -0.4 is 5.46 Å². The highest BCUT2D eigenvalue weighted by Crippen LogP contribution is 2.15. The van der Waals surface area contributed by atoms with E-state index in [2.05, 4.69) is 4.98 Å². The lowest BCUT2D eigenvalue weighted by atomic mass is 9.75. The lowest BCUT2D eigenvalue weighted by molar-refractivity contribution is 0.103. The Labute approximate surface area is 102 Å². The van der Waals surface area contributed by atoms with E-state index in [0.717, 1.165) is 6.07 Å². The predicted molar refractivity (Wildman–Crippen MR) is 62.8 cm³/mol. The zero-order valence-electron chi connectivity index (χ0n) is 9.19. The van der Waals surface area contributed by atoms with Crippen molar-refractivity contribution in [3.63, 3.8) is 0 Å². The third-order valence-corrected chi connectivity index (χ3v) is 2.48. The smallest absolute Gasteiger partial charge is 0.445 e. The van der Waals surface area contributed by atoms with Gasteiger partial charge in [-0.05, 0) is 17.7 Å². The lowest BCUT2D eigenvalue weighted by Gasteiger charge is -2.18. The van der Waals surface area contributed by atoms with E-state index in [0.29, 0.717) is 0 Å². The normalized spacial score (nSPS) is 11.3. The average Bonchev–Trinajstić information content (AvgIpc) is 2.38. The van der Waals surface area contributed by atoms with Crippen LogP contribution in [0.1, 0.15) is 15.9 Å². The van der Waals surface area contributed by atoms with Crippen molar-refractivity contribution >= 4 is 18.2 Å². The van der Waals surface area contributed by atoms with Crippen LogP contribution in [0.4, 0.5) is 12.9 Å². The lowest BCUT2D eigenvalue weighted by Crippen LogP contribution is -2.38. The molecule has 0 atom stereocenters. The molecule has 0 radical (unpaired) electrons. The van der Waals surface area contributed by atoms with Crippen LogP contribution in [0.2, 0.25) is 0 Å². The zero-order chi connectivity index (χ0) is 13.2. The van der Waals surface area contributed by atoms with Crippen molar-refractivity contribution in [1.29, 1.82) is 0 Å². The quantitative estimate of drug-likeness (QED) is 0.618. The molecule has 1 aromatic carbocycles. The summed E-state index contributed by atoms with van der Waals surface area (Å²) in [6.45, 7) is -5.21. The molecule has 0 saturated heterocycles. The number of pyridine rings is 1. The van der Waals surface area contributed by atoms with Crippen molar-refractivity contribution < 1.29 is 17.7 Å². The molecule has 0 fully saturated rings. The average molecular weight is 250 g/mol. The van der Waals surface area contributed by atoms with E-state index in [1.807, 2.05) is 0 Å². The number of halogens is 3. The fraction of sp³-hybridized carbons (Fsp3) is 0. The molecular weight excluding hydrogens is 242 g/mol. The van der Waals surface area contributed by atoms with Crippen LogP contribution in [0, 0.1) is 0 Å². The Balaban J connectivity index is 2.50. The van der Waals surface area contributed by atoms with E-state index in [4.69, 9.17) is 0 Å². The highest BCUT2D eigenvalue weighted by molar-refractivity contribution is 6.74. The van der Waals surface area contributed by atoms with Crippen LogP contribution in [0.5, 0.6) is 0 Å². The predicted octanol–water partition coefficient (Wildman–Crippen LogP) is 2.37. The number of hydrogen-bond donors (Lipinski definition) is 0. The van der Waals surface area contributed by atoms with Gasteiger partial charge in [0.1, 0.15) is 0 Å². The molecule has 0 aliphatic rings. The summed E-state index contributed by atoms with van der Waals surface area (Å²) >= 11 is 0. The van der Waals surface area contributed by atoms with Crippen LogP contribution >= 0.6 is 0 Å². The first-order valence-corrected chi connectivity index (χ1v) is 5.24. The summed E-state index contributed by atoms with van der Waals surface area (Å²) in [6, 6.07) is 7.73. The van der Waals surface area contributed by atoms with Crippen molar-refractivity contribution in [3.05, 3.63) is 59.9 Å². The number of nitrogens with zero attached hydrogens (tertiary/aromatic N) is 1. The fourth-order valence-corrected chi connectivity index (χ4v) is 1.64. The second-order valence-corrected chi connectivity index (χ2v) is 3.73.